The summed E-state index contributed by atoms with van der Waals surface area (Å²) >= 11 is 3.46. The summed E-state index contributed by atoms with van der Waals surface area (Å²) < 4.78 is 28.5. The van der Waals surface area contributed by atoms with Gasteiger partial charge in [-0.2, -0.15) is 0 Å². The number of hydrogen-bond acceptors (Lipinski definition) is 4. The van der Waals surface area contributed by atoms with Crippen LogP contribution in [0.2, 0.25) is 0 Å². The molecule has 1 aromatic carbocycles. The van der Waals surface area contributed by atoms with E-state index in [2.05, 4.69) is 31.0 Å². The van der Waals surface area contributed by atoms with E-state index >= 15 is 0 Å². The second-order valence-corrected chi connectivity index (χ2v) is 7.10. The van der Waals surface area contributed by atoms with Crippen LogP contribution in [-0.2, 0) is 10.0 Å². The summed E-state index contributed by atoms with van der Waals surface area (Å²) in [6, 6.07) is 5.18. The number of aromatic nitrogens is 1. The monoisotopic (exact) mass is 369 g/mol. The normalized spacial score (nSPS) is 11.2. The highest BCUT2D eigenvalue weighted by atomic mass is 79.9. The van der Waals surface area contributed by atoms with Gasteiger partial charge in [0.2, 0.25) is 0 Å². The van der Waals surface area contributed by atoms with Crippen molar-refractivity contribution in [3.8, 4) is 0 Å². The van der Waals surface area contributed by atoms with Crippen molar-refractivity contribution in [2.24, 2.45) is 0 Å². The molecule has 21 heavy (non-hydrogen) atoms. The standard InChI is InChI=1S/C14H16BrN3O2S/c1-9-6-11(7-10(2)14(9)15)18-21(19,20)13-8-17-5-4-12(13)16-3/h4-8,18H,1-3H3,(H,16,17). The first-order chi connectivity index (χ1) is 9.85. The average Bonchev–Trinajstić information content (AvgIpc) is 2.44. The molecule has 0 fully saturated rings. The number of hydrogen-bond donors (Lipinski definition) is 2. The van der Waals surface area contributed by atoms with Gasteiger partial charge in [-0.25, -0.2) is 8.42 Å². The fraction of sp³-hybridized carbons (Fsp3) is 0.214. The first-order valence-electron chi connectivity index (χ1n) is 6.26. The van der Waals surface area contributed by atoms with Gasteiger partial charge in [0.05, 0.1) is 5.69 Å². The van der Waals surface area contributed by atoms with E-state index in [4.69, 9.17) is 0 Å². The smallest absolute Gasteiger partial charge is 0.265 e. The van der Waals surface area contributed by atoms with E-state index in [0.29, 0.717) is 11.4 Å². The van der Waals surface area contributed by atoms with Gasteiger partial charge < -0.3 is 5.32 Å². The second kappa shape index (κ2) is 6.03. The Kier molecular flexibility index (Phi) is 4.53. The van der Waals surface area contributed by atoms with Gasteiger partial charge >= 0.3 is 0 Å². The van der Waals surface area contributed by atoms with Gasteiger partial charge in [0.15, 0.2) is 0 Å². The first-order valence-corrected chi connectivity index (χ1v) is 8.54. The fourth-order valence-electron chi connectivity index (χ4n) is 2.02. The molecule has 0 aliphatic carbocycles. The molecule has 7 heteroatoms. The van der Waals surface area contributed by atoms with Crippen molar-refractivity contribution in [3.63, 3.8) is 0 Å². The summed E-state index contributed by atoms with van der Waals surface area (Å²) in [6.45, 7) is 3.83. The molecule has 0 bridgehead atoms. The van der Waals surface area contributed by atoms with Crippen molar-refractivity contribution in [2.75, 3.05) is 17.1 Å². The number of nitrogens with one attached hydrogen (secondary N) is 2. The Labute approximate surface area is 133 Å². The highest BCUT2D eigenvalue weighted by Gasteiger charge is 2.19. The van der Waals surface area contributed by atoms with Crippen LogP contribution >= 0.6 is 15.9 Å². The molecule has 112 valence electrons. The van der Waals surface area contributed by atoms with Crippen LogP contribution in [0.1, 0.15) is 11.1 Å². The predicted octanol–water partition coefficient (Wildman–Crippen LogP) is 3.30. The molecule has 2 rings (SSSR count). The first kappa shape index (κ1) is 15.8. The molecular formula is C14H16BrN3O2S. The topological polar surface area (TPSA) is 71.1 Å². The Morgan fingerprint density at radius 1 is 1.19 bits per heavy atom. The maximum atomic E-state index is 12.5. The average molecular weight is 370 g/mol. The lowest BCUT2D eigenvalue weighted by atomic mass is 10.1. The number of benzene rings is 1. The Bertz CT molecular complexity index is 753. The number of pyridine rings is 1. The SMILES string of the molecule is CNc1ccncc1S(=O)(=O)Nc1cc(C)c(Br)c(C)c1. The van der Waals surface area contributed by atoms with Gasteiger partial charge in [0.1, 0.15) is 4.90 Å². The summed E-state index contributed by atoms with van der Waals surface area (Å²) in [5, 5.41) is 2.85. The molecular weight excluding hydrogens is 354 g/mol. The van der Waals surface area contributed by atoms with E-state index in [1.165, 1.54) is 6.20 Å². The van der Waals surface area contributed by atoms with Crippen molar-refractivity contribution in [3.05, 3.63) is 46.2 Å². The van der Waals surface area contributed by atoms with Gasteiger partial charge in [0.25, 0.3) is 10.0 Å². The molecule has 2 N–H and O–H groups in total. The lowest BCUT2D eigenvalue weighted by Crippen LogP contribution is -2.15. The van der Waals surface area contributed by atoms with Crippen LogP contribution in [0.25, 0.3) is 0 Å². The van der Waals surface area contributed by atoms with Crippen molar-refractivity contribution in [2.45, 2.75) is 18.7 Å². The number of aryl methyl sites for hydroxylation is 2. The lowest BCUT2D eigenvalue weighted by Gasteiger charge is -2.13. The van der Waals surface area contributed by atoms with Gasteiger partial charge in [-0.1, -0.05) is 15.9 Å². The Morgan fingerprint density at radius 3 is 2.38 bits per heavy atom. The number of anilines is 2. The summed E-state index contributed by atoms with van der Waals surface area (Å²) in [5.41, 5.74) is 2.96. The van der Waals surface area contributed by atoms with E-state index in [1.54, 1.807) is 31.4 Å². The minimum Gasteiger partial charge on any atom is -0.387 e. The summed E-state index contributed by atoms with van der Waals surface area (Å²) in [4.78, 5) is 4.00. The van der Waals surface area contributed by atoms with Crippen molar-refractivity contribution >= 4 is 37.3 Å². The number of nitrogens with zero attached hydrogens (tertiary/aromatic N) is 1. The highest BCUT2D eigenvalue weighted by Crippen LogP contribution is 2.27. The summed E-state index contributed by atoms with van der Waals surface area (Å²) in [7, 11) is -2.02. The van der Waals surface area contributed by atoms with Crippen LogP contribution < -0.4 is 10.0 Å². The van der Waals surface area contributed by atoms with Crippen LogP contribution in [0.15, 0.2) is 40.0 Å². The Morgan fingerprint density at radius 2 is 1.81 bits per heavy atom. The molecule has 0 amide bonds. The number of rotatable bonds is 4. The van der Waals surface area contributed by atoms with Crippen LogP contribution in [-0.4, -0.2) is 20.4 Å². The van der Waals surface area contributed by atoms with Gasteiger partial charge in [-0.15, -0.1) is 0 Å². The zero-order chi connectivity index (χ0) is 15.6. The molecule has 0 unspecified atom stereocenters. The number of halogens is 1. The molecule has 0 saturated carbocycles. The van der Waals surface area contributed by atoms with E-state index in [1.807, 2.05) is 13.8 Å². The molecule has 2 aromatic rings. The summed E-state index contributed by atoms with van der Waals surface area (Å²) in [5.74, 6) is 0. The van der Waals surface area contributed by atoms with E-state index in [0.717, 1.165) is 15.6 Å². The third-order valence-electron chi connectivity index (χ3n) is 3.03. The highest BCUT2D eigenvalue weighted by molar-refractivity contribution is 9.10. The molecule has 0 atom stereocenters. The third-order valence-corrected chi connectivity index (χ3v) is 5.69. The van der Waals surface area contributed by atoms with Crippen molar-refractivity contribution in [1.29, 1.82) is 0 Å². The van der Waals surface area contributed by atoms with Gasteiger partial charge in [-0.05, 0) is 43.2 Å². The fourth-order valence-corrected chi connectivity index (χ4v) is 3.44. The van der Waals surface area contributed by atoms with Crippen molar-refractivity contribution < 1.29 is 8.42 Å². The van der Waals surface area contributed by atoms with Crippen LogP contribution in [0.5, 0.6) is 0 Å². The molecule has 1 aromatic heterocycles. The van der Waals surface area contributed by atoms with Crippen LogP contribution in [0, 0.1) is 13.8 Å². The third kappa shape index (κ3) is 3.36. The molecule has 0 aliphatic heterocycles. The maximum Gasteiger partial charge on any atom is 0.265 e. The number of sulfonamides is 1. The molecule has 5 nitrogen and oxygen atoms in total. The van der Waals surface area contributed by atoms with E-state index < -0.39 is 10.0 Å². The van der Waals surface area contributed by atoms with Gasteiger partial charge in [0, 0.05) is 29.6 Å². The quantitative estimate of drug-likeness (QED) is 0.866. The molecule has 0 radical (unpaired) electrons. The Balaban J connectivity index is 2.42. The van der Waals surface area contributed by atoms with Crippen LogP contribution in [0.3, 0.4) is 0 Å². The second-order valence-electron chi connectivity index (χ2n) is 4.65. The largest absolute Gasteiger partial charge is 0.387 e. The lowest BCUT2D eigenvalue weighted by molar-refractivity contribution is 0.601. The Hall–Kier alpha value is -1.60. The van der Waals surface area contributed by atoms with E-state index in [9.17, 15) is 8.42 Å². The zero-order valence-electron chi connectivity index (χ0n) is 11.9. The zero-order valence-corrected chi connectivity index (χ0v) is 14.3. The molecule has 0 aliphatic rings. The molecule has 0 spiro atoms. The van der Waals surface area contributed by atoms with Crippen LogP contribution in [0.4, 0.5) is 11.4 Å². The minimum atomic E-state index is -3.69. The van der Waals surface area contributed by atoms with Gasteiger partial charge in [-0.3, -0.25) is 9.71 Å². The predicted molar refractivity (Wildman–Crippen MR) is 88.2 cm³/mol. The maximum absolute atomic E-state index is 12.5. The minimum absolute atomic E-state index is 0.116. The summed E-state index contributed by atoms with van der Waals surface area (Å²) in [6.07, 6.45) is 2.87. The molecule has 0 saturated heterocycles. The van der Waals surface area contributed by atoms with E-state index in [-0.39, 0.29) is 4.90 Å². The van der Waals surface area contributed by atoms with Crippen molar-refractivity contribution in [1.82, 2.24) is 4.98 Å². The molecule has 1 heterocycles.